The van der Waals surface area contributed by atoms with Crippen molar-refractivity contribution in [2.75, 3.05) is 0 Å². The Kier molecular flexibility index (Phi) is 2.35. The molecule has 0 unspecified atom stereocenters. The van der Waals surface area contributed by atoms with E-state index in [-0.39, 0.29) is 12.8 Å². The van der Waals surface area contributed by atoms with Gasteiger partial charge in [0.15, 0.2) is 5.60 Å². The third-order valence-electron chi connectivity index (χ3n) is 2.31. The molecule has 1 aliphatic rings. The summed E-state index contributed by atoms with van der Waals surface area (Å²) in [5, 5.41) is 18.0. The maximum Gasteiger partial charge on any atom is 0.417 e. The van der Waals surface area contributed by atoms with Gasteiger partial charge in [0.25, 0.3) is 0 Å². The van der Waals surface area contributed by atoms with Crippen molar-refractivity contribution in [1.82, 2.24) is 0 Å². The van der Waals surface area contributed by atoms with E-state index >= 15 is 0 Å². The summed E-state index contributed by atoms with van der Waals surface area (Å²) in [5.74, 6) is 0. The number of alkyl halides is 3. The Morgan fingerprint density at radius 2 is 1.58 bits per heavy atom. The Morgan fingerprint density at radius 3 is 1.92 bits per heavy atom. The third kappa shape index (κ3) is 1.72. The Morgan fingerprint density at radius 1 is 1.17 bits per heavy atom. The van der Waals surface area contributed by atoms with Gasteiger partial charge in [-0.25, -0.2) is 0 Å². The lowest BCUT2D eigenvalue weighted by Crippen LogP contribution is -2.48. The molecule has 0 amide bonds. The van der Waals surface area contributed by atoms with Crippen molar-refractivity contribution in [3.63, 3.8) is 0 Å². The largest absolute Gasteiger partial charge is 0.417 e. The van der Waals surface area contributed by atoms with E-state index in [2.05, 4.69) is 0 Å². The summed E-state index contributed by atoms with van der Waals surface area (Å²) >= 11 is 0. The predicted octanol–water partition coefficient (Wildman–Crippen LogP) is 1.21. The third-order valence-corrected chi connectivity index (χ3v) is 2.31. The van der Waals surface area contributed by atoms with Gasteiger partial charge >= 0.3 is 6.18 Å². The van der Waals surface area contributed by atoms with Crippen LogP contribution in [0.4, 0.5) is 13.2 Å². The molecule has 0 aliphatic heterocycles. The lowest BCUT2D eigenvalue weighted by atomic mass is 9.83. The fourth-order valence-corrected chi connectivity index (χ4v) is 1.36. The summed E-state index contributed by atoms with van der Waals surface area (Å²) in [6, 6.07) is 0. The predicted molar refractivity (Wildman–Crippen MR) is 35.5 cm³/mol. The molecule has 1 saturated carbocycles. The second kappa shape index (κ2) is 2.88. The van der Waals surface area contributed by atoms with Crippen molar-refractivity contribution in [3.05, 3.63) is 0 Å². The normalized spacial score (nSPS) is 38.2. The van der Waals surface area contributed by atoms with Crippen molar-refractivity contribution in [1.29, 1.82) is 0 Å². The summed E-state index contributed by atoms with van der Waals surface area (Å²) in [4.78, 5) is 0. The van der Waals surface area contributed by atoms with Crippen LogP contribution in [0.15, 0.2) is 0 Å². The molecule has 0 bridgehead atoms. The van der Waals surface area contributed by atoms with Crippen LogP contribution in [0, 0.1) is 0 Å². The lowest BCUT2D eigenvalue weighted by molar-refractivity contribution is -0.273. The molecule has 1 fully saturated rings. The van der Waals surface area contributed by atoms with Gasteiger partial charge in [-0.3, -0.25) is 0 Å². The second-order valence-electron chi connectivity index (χ2n) is 3.26. The van der Waals surface area contributed by atoms with Gasteiger partial charge in [-0.2, -0.15) is 13.2 Å². The van der Waals surface area contributed by atoms with Crippen LogP contribution in [-0.4, -0.2) is 28.1 Å². The van der Waals surface area contributed by atoms with Gasteiger partial charge < -0.3 is 10.2 Å². The van der Waals surface area contributed by atoms with E-state index in [1.165, 1.54) is 0 Å². The Labute approximate surface area is 68.0 Å². The fourth-order valence-electron chi connectivity index (χ4n) is 1.36. The van der Waals surface area contributed by atoms with Crippen LogP contribution in [0.3, 0.4) is 0 Å². The Bertz CT molecular complexity index is 159. The summed E-state index contributed by atoms with van der Waals surface area (Å²) in [5.41, 5.74) is -2.56. The minimum absolute atomic E-state index is 0.0238. The van der Waals surface area contributed by atoms with Gasteiger partial charge in [-0.05, 0) is 25.7 Å². The van der Waals surface area contributed by atoms with E-state index in [4.69, 9.17) is 10.2 Å². The first kappa shape index (κ1) is 9.80. The standard InChI is InChI=1S/C7H11F3O2/c8-7(9,10)6(12)3-1-5(11)2-4-6/h5,11-12H,1-4H2. The maximum absolute atomic E-state index is 12.1. The molecule has 1 rings (SSSR count). The maximum atomic E-state index is 12.1. The Balaban J connectivity index is 2.62. The highest BCUT2D eigenvalue weighted by atomic mass is 19.4. The highest BCUT2D eigenvalue weighted by Gasteiger charge is 2.54. The minimum atomic E-state index is -4.56. The molecule has 12 heavy (non-hydrogen) atoms. The molecule has 0 atom stereocenters. The molecule has 0 aromatic carbocycles. The molecule has 0 radical (unpaired) electrons. The average molecular weight is 184 g/mol. The molecule has 5 heteroatoms. The van der Waals surface area contributed by atoms with E-state index in [0.717, 1.165) is 0 Å². The van der Waals surface area contributed by atoms with E-state index < -0.39 is 30.7 Å². The summed E-state index contributed by atoms with van der Waals surface area (Å²) < 4.78 is 36.4. The van der Waals surface area contributed by atoms with Crippen LogP contribution in [0.25, 0.3) is 0 Å². The number of aliphatic hydroxyl groups is 2. The highest BCUT2D eigenvalue weighted by Crippen LogP contribution is 2.41. The van der Waals surface area contributed by atoms with Crippen LogP contribution in [0.2, 0.25) is 0 Å². The Hall–Kier alpha value is -0.290. The van der Waals surface area contributed by atoms with Crippen LogP contribution < -0.4 is 0 Å². The van der Waals surface area contributed by atoms with E-state index in [1.54, 1.807) is 0 Å². The summed E-state index contributed by atoms with van der Waals surface area (Å²) in [6.07, 6.45) is -5.98. The second-order valence-corrected chi connectivity index (χ2v) is 3.26. The fraction of sp³-hybridized carbons (Fsp3) is 1.00. The van der Waals surface area contributed by atoms with Gasteiger partial charge in [0.2, 0.25) is 0 Å². The SMILES string of the molecule is OC1CCC(O)(C(F)(F)F)CC1. The van der Waals surface area contributed by atoms with E-state index in [9.17, 15) is 13.2 Å². The topological polar surface area (TPSA) is 40.5 Å². The monoisotopic (exact) mass is 184 g/mol. The molecule has 72 valence electrons. The van der Waals surface area contributed by atoms with Crippen LogP contribution in [0.1, 0.15) is 25.7 Å². The van der Waals surface area contributed by atoms with Crippen LogP contribution in [0.5, 0.6) is 0 Å². The molecule has 0 aromatic rings. The molecule has 0 aromatic heterocycles. The molecule has 2 nitrogen and oxygen atoms in total. The van der Waals surface area contributed by atoms with Crippen molar-refractivity contribution in [2.45, 2.75) is 43.6 Å². The number of aliphatic hydroxyl groups excluding tert-OH is 1. The zero-order valence-corrected chi connectivity index (χ0v) is 6.43. The van der Waals surface area contributed by atoms with Crippen molar-refractivity contribution >= 4 is 0 Å². The lowest BCUT2D eigenvalue weighted by Gasteiger charge is -2.35. The van der Waals surface area contributed by atoms with Gasteiger partial charge in [0.1, 0.15) is 0 Å². The number of halogens is 3. The molecular weight excluding hydrogens is 173 g/mol. The van der Waals surface area contributed by atoms with Crippen molar-refractivity contribution < 1.29 is 23.4 Å². The van der Waals surface area contributed by atoms with Crippen LogP contribution in [-0.2, 0) is 0 Å². The molecule has 0 heterocycles. The minimum Gasteiger partial charge on any atom is -0.393 e. The number of rotatable bonds is 0. The van der Waals surface area contributed by atoms with E-state index in [0.29, 0.717) is 0 Å². The van der Waals surface area contributed by atoms with E-state index in [1.807, 2.05) is 0 Å². The zero-order chi connectivity index (χ0) is 9.41. The smallest absolute Gasteiger partial charge is 0.393 e. The first-order chi connectivity index (χ1) is 5.35. The van der Waals surface area contributed by atoms with Gasteiger partial charge in [-0.1, -0.05) is 0 Å². The van der Waals surface area contributed by atoms with Gasteiger partial charge in [0, 0.05) is 0 Å². The van der Waals surface area contributed by atoms with Crippen LogP contribution >= 0.6 is 0 Å². The number of hydrogen-bond donors (Lipinski definition) is 2. The summed E-state index contributed by atoms with van der Waals surface area (Å²) in [6.45, 7) is 0. The highest BCUT2D eigenvalue weighted by molar-refractivity contribution is 4.91. The molecule has 0 spiro atoms. The first-order valence-corrected chi connectivity index (χ1v) is 3.82. The zero-order valence-electron chi connectivity index (χ0n) is 6.43. The van der Waals surface area contributed by atoms with Crippen molar-refractivity contribution in [2.24, 2.45) is 0 Å². The molecule has 0 saturated heterocycles. The first-order valence-electron chi connectivity index (χ1n) is 3.82. The summed E-state index contributed by atoms with van der Waals surface area (Å²) in [7, 11) is 0. The number of hydrogen-bond acceptors (Lipinski definition) is 2. The molecular formula is C7H11F3O2. The van der Waals surface area contributed by atoms with Gasteiger partial charge in [-0.15, -0.1) is 0 Å². The van der Waals surface area contributed by atoms with Gasteiger partial charge in [0.05, 0.1) is 6.10 Å². The quantitative estimate of drug-likeness (QED) is 0.594. The van der Waals surface area contributed by atoms with Crippen molar-refractivity contribution in [3.8, 4) is 0 Å². The molecule has 2 N–H and O–H groups in total. The molecule has 1 aliphatic carbocycles. The average Bonchev–Trinajstić information content (AvgIpc) is 1.93.